The zero-order valence-corrected chi connectivity index (χ0v) is 28.5. The number of thioether (sulfide) groups is 1. The third-order valence-corrected chi connectivity index (χ3v) is 9.67. The number of rotatable bonds is 17. The number of halogens is 1. The third-order valence-electron chi connectivity index (χ3n) is 7.93. The molecule has 0 atom stereocenters. The predicted octanol–water partition coefficient (Wildman–Crippen LogP) is 9.57. The van der Waals surface area contributed by atoms with Crippen LogP contribution in [0.5, 0.6) is 5.75 Å². The van der Waals surface area contributed by atoms with Gasteiger partial charge in [0.15, 0.2) is 0 Å². The summed E-state index contributed by atoms with van der Waals surface area (Å²) in [5.74, 6) is -0.0741. The Bertz CT molecular complexity index is 1710. The van der Waals surface area contributed by atoms with Crippen LogP contribution in [0.25, 0.3) is 23.0 Å². The fourth-order valence-corrected chi connectivity index (χ4v) is 6.85. The van der Waals surface area contributed by atoms with Crippen molar-refractivity contribution in [3.05, 3.63) is 106 Å². The van der Waals surface area contributed by atoms with Gasteiger partial charge in [-0.2, -0.15) is 5.10 Å². The largest absolute Gasteiger partial charge is 0.489 e. The van der Waals surface area contributed by atoms with Crippen molar-refractivity contribution in [3.8, 4) is 22.7 Å². The van der Waals surface area contributed by atoms with Crippen LogP contribution in [0.3, 0.4) is 0 Å². The number of aliphatic carboxylic acids is 1. The zero-order valence-electron chi connectivity index (χ0n) is 26.1. The normalized spacial score (nSPS) is 13.9. The summed E-state index contributed by atoms with van der Waals surface area (Å²) in [6.45, 7) is 0.970. The van der Waals surface area contributed by atoms with Crippen LogP contribution < -0.4 is 4.74 Å². The number of hydrogen-bond donors (Lipinski definition) is 1. The predicted molar refractivity (Wildman–Crippen MR) is 194 cm³/mol. The lowest BCUT2D eigenvalue weighted by atomic mass is 10.1. The minimum absolute atomic E-state index is 0.0693. The Hall–Kier alpha value is -3.92. The Morgan fingerprint density at radius 1 is 0.894 bits per heavy atom. The van der Waals surface area contributed by atoms with Crippen molar-refractivity contribution >= 4 is 57.9 Å². The van der Waals surface area contributed by atoms with Gasteiger partial charge in [-0.25, -0.2) is 4.68 Å². The van der Waals surface area contributed by atoms with Crippen molar-refractivity contribution in [2.24, 2.45) is 0 Å². The van der Waals surface area contributed by atoms with Crippen LogP contribution in [-0.4, -0.2) is 42.5 Å². The number of carbonyl (C=O) groups is 2. The van der Waals surface area contributed by atoms with Crippen LogP contribution in [0.1, 0.15) is 68.9 Å². The molecular weight excluding hydrogens is 650 g/mol. The molecule has 1 saturated heterocycles. The van der Waals surface area contributed by atoms with Gasteiger partial charge in [0.1, 0.15) is 16.7 Å². The van der Waals surface area contributed by atoms with E-state index in [2.05, 4.69) is 0 Å². The summed E-state index contributed by atoms with van der Waals surface area (Å²) in [6, 6.07) is 25.3. The summed E-state index contributed by atoms with van der Waals surface area (Å²) >= 11 is 13.2. The Labute approximate surface area is 290 Å². The van der Waals surface area contributed by atoms with Crippen LogP contribution in [-0.2, 0) is 16.2 Å². The molecular formula is C37H38ClN3O4S2. The minimum Gasteiger partial charge on any atom is -0.489 e. The molecule has 0 saturated carbocycles. The molecule has 1 N–H and O–H groups in total. The van der Waals surface area contributed by atoms with Gasteiger partial charge in [0.25, 0.3) is 5.91 Å². The molecule has 10 heteroatoms. The standard InChI is InChI=1S/C37H38ClN3O4S2/c38-32-17-12-11-14-28(32)26-45-31-21-19-27(20-22-31)35-29(25-41(39-35)30-15-8-7-9-16-30)24-33-36(44)40(37(46)47-33)23-13-6-4-2-1-3-5-10-18-34(42)43/h7-9,11-12,14-17,19-22,24-25H,1-6,10,13,18,23,26H2,(H,42,43)/b33-24-. The SMILES string of the molecule is O=C(O)CCCCCCCCCCN1C(=O)/C(=C/c2cn(-c3ccccc3)nc2-c2ccc(OCc3ccccc3Cl)cc2)SC1=S. The van der Waals surface area contributed by atoms with Gasteiger partial charge in [-0.3, -0.25) is 14.5 Å². The first-order valence-corrected chi connectivity index (χ1v) is 17.6. The molecule has 1 aliphatic heterocycles. The molecule has 0 unspecified atom stereocenters. The lowest BCUT2D eigenvalue weighted by Crippen LogP contribution is -2.29. The fourth-order valence-electron chi connectivity index (χ4n) is 5.36. The number of carbonyl (C=O) groups excluding carboxylic acids is 1. The van der Waals surface area contributed by atoms with Gasteiger partial charge in [-0.1, -0.05) is 111 Å². The van der Waals surface area contributed by atoms with Gasteiger partial charge in [0.2, 0.25) is 0 Å². The van der Waals surface area contributed by atoms with E-state index in [1.54, 1.807) is 4.90 Å². The lowest BCUT2D eigenvalue weighted by Gasteiger charge is -2.14. The van der Waals surface area contributed by atoms with Crippen molar-refractivity contribution < 1.29 is 19.4 Å². The average Bonchev–Trinajstić information content (AvgIpc) is 3.61. The first kappa shape index (κ1) is 34.4. The third kappa shape index (κ3) is 9.79. The van der Waals surface area contributed by atoms with Gasteiger partial charge in [-0.05, 0) is 61.4 Å². The number of aromatic nitrogens is 2. The van der Waals surface area contributed by atoms with Gasteiger partial charge in [0.05, 0.1) is 16.3 Å². The highest BCUT2D eigenvalue weighted by Gasteiger charge is 2.32. The molecule has 1 aromatic heterocycles. The maximum atomic E-state index is 13.5. The second kappa shape index (κ2) is 17.3. The van der Waals surface area contributed by atoms with E-state index in [9.17, 15) is 9.59 Å². The van der Waals surface area contributed by atoms with Crippen LogP contribution in [0.2, 0.25) is 5.02 Å². The summed E-state index contributed by atoms with van der Waals surface area (Å²) in [7, 11) is 0. The first-order chi connectivity index (χ1) is 22.9. The van der Waals surface area contributed by atoms with Crippen molar-refractivity contribution in [3.63, 3.8) is 0 Å². The molecule has 4 aromatic rings. The van der Waals surface area contributed by atoms with E-state index in [1.807, 2.05) is 95.8 Å². The molecule has 3 aromatic carbocycles. The van der Waals surface area contributed by atoms with E-state index < -0.39 is 5.97 Å². The van der Waals surface area contributed by atoms with Crippen molar-refractivity contribution in [2.75, 3.05) is 6.54 Å². The molecule has 1 fully saturated rings. The minimum atomic E-state index is -0.722. The average molecular weight is 688 g/mol. The van der Waals surface area contributed by atoms with Crippen LogP contribution in [0, 0.1) is 0 Å². The molecule has 244 valence electrons. The molecule has 2 heterocycles. The first-order valence-electron chi connectivity index (χ1n) is 16.0. The van der Waals surface area contributed by atoms with Crippen molar-refractivity contribution in [2.45, 2.75) is 64.4 Å². The molecule has 1 aliphatic rings. The fraction of sp³-hybridized carbons (Fsp3) is 0.297. The van der Waals surface area contributed by atoms with Gasteiger partial charge in [0, 0.05) is 40.9 Å². The lowest BCUT2D eigenvalue weighted by molar-refractivity contribution is -0.137. The van der Waals surface area contributed by atoms with E-state index >= 15 is 0 Å². The number of unbranched alkanes of at least 4 members (excludes halogenated alkanes) is 7. The number of benzene rings is 3. The van der Waals surface area contributed by atoms with E-state index in [0.717, 1.165) is 79.4 Å². The quantitative estimate of drug-likeness (QED) is 0.0672. The summed E-state index contributed by atoms with van der Waals surface area (Å²) in [6.07, 6.45) is 12.1. The summed E-state index contributed by atoms with van der Waals surface area (Å²) < 4.78 is 8.40. The topological polar surface area (TPSA) is 84.7 Å². The van der Waals surface area contributed by atoms with Gasteiger partial charge in [-0.15, -0.1) is 0 Å². The van der Waals surface area contributed by atoms with E-state index in [4.69, 9.17) is 38.8 Å². The van der Waals surface area contributed by atoms with Crippen LogP contribution >= 0.6 is 35.6 Å². The molecule has 7 nitrogen and oxygen atoms in total. The summed E-state index contributed by atoms with van der Waals surface area (Å²) in [5.41, 5.74) is 4.30. The van der Waals surface area contributed by atoms with Crippen LogP contribution in [0.15, 0.2) is 90.0 Å². The molecule has 47 heavy (non-hydrogen) atoms. The number of ether oxygens (including phenoxy) is 1. The Kier molecular flexibility index (Phi) is 12.7. The Morgan fingerprint density at radius 3 is 2.26 bits per heavy atom. The number of nitrogens with zero attached hydrogens (tertiary/aromatic N) is 3. The van der Waals surface area contributed by atoms with E-state index in [1.165, 1.54) is 11.8 Å². The molecule has 0 aliphatic carbocycles. The van der Waals surface area contributed by atoms with E-state index in [-0.39, 0.29) is 12.3 Å². The summed E-state index contributed by atoms with van der Waals surface area (Å²) in [4.78, 5) is 26.4. The number of hydrogen-bond acceptors (Lipinski definition) is 6. The smallest absolute Gasteiger partial charge is 0.303 e. The zero-order chi connectivity index (χ0) is 33.0. The summed E-state index contributed by atoms with van der Waals surface area (Å²) in [5, 5.41) is 14.3. The van der Waals surface area contributed by atoms with Crippen molar-refractivity contribution in [1.82, 2.24) is 14.7 Å². The number of para-hydroxylation sites is 1. The van der Waals surface area contributed by atoms with Gasteiger partial charge < -0.3 is 9.84 Å². The number of carboxylic acid groups (broad SMARTS) is 1. The highest BCUT2D eigenvalue weighted by Crippen LogP contribution is 2.35. The number of amides is 1. The second-order valence-electron chi connectivity index (χ2n) is 11.4. The molecule has 5 rings (SSSR count). The Morgan fingerprint density at radius 2 is 1.55 bits per heavy atom. The maximum absolute atomic E-state index is 13.5. The highest BCUT2D eigenvalue weighted by molar-refractivity contribution is 8.26. The number of thiocarbonyl (C=S) groups is 1. The van der Waals surface area contributed by atoms with Gasteiger partial charge >= 0.3 is 5.97 Å². The van der Waals surface area contributed by atoms with Crippen molar-refractivity contribution in [1.29, 1.82) is 0 Å². The molecule has 0 spiro atoms. The molecule has 0 bridgehead atoms. The van der Waals surface area contributed by atoms with Crippen LogP contribution in [0.4, 0.5) is 0 Å². The maximum Gasteiger partial charge on any atom is 0.303 e. The second-order valence-corrected chi connectivity index (χ2v) is 13.5. The van der Waals surface area contributed by atoms with E-state index in [0.29, 0.717) is 33.1 Å². The number of carboxylic acids is 1. The Balaban J connectivity index is 1.23. The molecule has 0 radical (unpaired) electrons. The monoisotopic (exact) mass is 687 g/mol. The highest BCUT2D eigenvalue weighted by atomic mass is 35.5. The molecule has 1 amide bonds.